The minimum absolute atomic E-state index is 0.549. The summed E-state index contributed by atoms with van der Waals surface area (Å²) in [5, 5.41) is -0.622. The first-order valence-corrected chi connectivity index (χ1v) is 4.45. The molecule has 0 amide bonds. The molecule has 0 aliphatic rings. The Kier molecular flexibility index (Phi) is 3.57. The largest absolute Gasteiger partial charge is 0.325 e. The fourth-order valence-electron chi connectivity index (χ4n) is 1.06. The molecule has 0 heterocycles. The average molecular weight is 242 g/mol. The molecule has 2 N–H and O–H groups in total. The highest BCUT2D eigenvalue weighted by atomic mass is 35.5. The highest BCUT2D eigenvalue weighted by Gasteiger charge is 2.30. The van der Waals surface area contributed by atoms with Crippen molar-refractivity contribution in [2.75, 3.05) is 6.54 Å². The van der Waals surface area contributed by atoms with Gasteiger partial charge >= 0.3 is 0 Å². The van der Waals surface area contributed by atoms with Gasteiger partial charge in [-0.3, -0.25) is 0 Å². The van der Waals surface area contributed by atoms with Gasteiger partial charge in [-0.15, -0.1) is 0 Å². The molecule has 15 heavy (non-hydrogen) atoms. The Hall–Kier alpha value is -0.810. The molecule has 1 aromatic carbocycles. The van der Waals surface area contributed by atoms with E-state index < -0.39 is 41.1 Å². The zero-order chi connectivity index (χ0) is 11.6. The number of rotatable bonds is 3. The Balaban J connectivity index is 3.09. The molecular formula is C9H8ClF4N. The first-order chi connectivity index (χ1) is 6.87. The van der Waals surface area contributed by atoms with Crippen LogP contribution < -0.4 is 5.73 Å². The van der Waals surface area contributed by atoms with Gasteiger partial charge in [-0.25, -0.2) is 17.6 Å². The van der Waals surface area contributed by atoms with Crippen molar-refractivity contribution < 1.29 is 17.6 Å². The molecule has 0 atom stereocenters. The fraction of sp³-hybridized carbons (Fsp3) is 0.333. The monoisotopic (exact) mass is 241 g/mol. The summed E-state index contributed by atoms with van der Waals surface area (Å²) in [6, 6.07) is 1.53. The van der Waals surface area contributed by atoms with Crippen LogP contribution in [-0.2, 0) is 6.42 Å². The van der Waals surface area contributed by atoms with E-state index in [1.165, 1.54) is 0 Å². The third kappa shape index (κ3) is 2.82. The minimum atomic E-state index is -3.29. The van der Waals surface area contributed by atoms with Crippen molar-refractivity contribution >= 4 is 11.6 Å². The van der Waals surface area contributed by atoms with Gasteiger partial charge in [-0.1, -0.05) is 11.6 Å². The summed E-state index contributed by atoms with van der Waals surface area (Å²) < 4.78 is 51.7. The average Bonchev–Trinajstić information content (AvgIpc) is 2.19. The molecule has 1 rings (SSSR count). The van der Waals surface area contributed by atoms with E-state index in [1.54, 1.807) is 0 Å². The lowest BCUT2D eigenvalue weighted by Crippen LogP contribution is -2.30. The molecule has 0 radical (unpaired) electrons. The van der Waals surface area contributed by atoms with Gasteiger partial charge in [0.05, 0.1) is 11.6 Å². The molecule has 0 unspecified atom stereocenters. The second-order valence-corrected chi connectivity index (χ2v) is 3.44. The summed E-state index contributed by atoms with van der Waals surface area (Å²) in [6.45, 7) is -0.945. The van der Waals surface area contributed by atoms with Crippen LogP contribution in [0.3, 0.4) is 0 Å². The van der Waals surface area contributed by atoms with Crippen LogP contribution >= 0.6 is 11.6 Å². The smallest absolute Gasteiger partial charge is 0.264 e. The summed E-state index contributed by atoms with van der Waals surface area (Å²) in [5.41, 5.74) is 4.23. The number of benzene rings is 1. The summed E-state index contributed by atoms with van der Waals surface area (Å²) >= 11 is 5.37. The number of alkyl halides is 2. The predicted molar refractivity (Wildman–Crippen MR) is 49.1 cm³/mol. The molecule has 6 heteroatoms. The molecule has 0 aliphatic carbocycles. The van der Waals surface area contributed by atoms with E-state index in [9.17, 15) is 17.6 Å². The molecule has 0 bridgehead atoms. The third-order valence-electron chi connectivity index (χ3n) is 1.87. The van der Waals surface area contributed by atoms with E-state index in [2.05, 4.69) is 0 Å². The molecule has 84 valence electrons. The number of hydrogen-bond acceptors (Lipinski definition) is 1. The Labute approximate surface area is 88.8 Å². The SMILES string of the molecule is NCC(F)(F)Cc1c(F)ccc(F)c1Cl. The summed E-state index contributed by atoms with van der Waals surface area (Å²) in [5.74, 6) is -5.19. The highest BCUT2D eigenvalue weighted by molar-refractivity contribution is 6.31. The quantitative estimate of drug-likeness (QED) is 0.639. The number of hydrogen-bond donors (Lipinski definition) is 1. The van der Waals surface area contributed by atoms with Crippen molar-refractivity contribution in [2.45, 2.75) is 12.3 Å². The molecule has 1 aromatic rings. The molecule has 0 aliphatic heterocycles. The van der Waals surface area contributed by atoms with Crippen LogP contribution in [0.25, 0.3) is 0 Å². The molecular weight excluding hydrogens is 234 g/mol. The Morgan fingerprint density at radius 2 is 1.73 bits per heavy atom. The van der Waals surface area contributed by atoms with Crippen molar-refractivity contribution in [3.8, 4) is 0 Å². The Morgan fingerprint density at radius 3 is 2.27 bits per heavy atom. The fourth-order valence-corrected chi connectivity index (χ4v) is 1.28. The second-order valence-electron chi connectivity index (χ2n) is 3.06. The zero-order valence-electron chi connectivity index (χ0n) is 7.54. The first kappa shape index (κ1) is 12.3. The van der Waals surface area contributed by atoms with Crippen molar-refractivity contribution in [1.82, 2.24) is 0 Å². The molecule has 1 nitrogen and oxygen atoms in total. The number of halogens is 5. The van der Waals surface area contributed by atoms with E-state index in [1.807, 2.05) is 0 Å². The summed E-state index contributed by atoms with van der Waals surface area (Å²) in [6.07, 6.45) is -1.01. The first-order valence-electron chi connectivity index (χ1n) is 4.07. The van der Waals surface area contributed by atoms with Gasteiger partial charge in [0.1, 0.15) is 11.6 Å². The lowest BCUT2D eigenvalue weighted by atomic mass is 10.1. The maximum Gasteiger partial charge on any atom is 0.264 e. The second kappa shape index (κ2) is 4.37. The van der Waals surface area contributed by atoms with Crippen LogP contribution in [0.2, 0.25) is 5.02 Å². The van der Waals surface area contributed by atoms with Gasteiger partial charge in [0.15, 0.2) is 0 Å². The van der Waals surface area contributed by atoms with Crippen LogP contribution in [0.15, 0.2) is 12.1 Å². The van der Waals surface area contributed by atoms with Crippen molar-refractivity contribution in [1.29, 1.82) is 0 Å². The topological polar surface area (TPSA) is 26.0 Å². The lowest BCUT2D eigenvalue weighted by molar-refractivity contribution is 0.0106. The Bertz CT molecular complexity index is 367. The highest BCUT2D eigenvalue weighted by Crippen LogP contribution is 2.28. The van der Waals surface area contributed by atoms with Crippen LogP contribution in [0, 0.1) is 11.6 Å². The maximum atomic E-state index is 13.1. The summed E-state index contributed by atoms with van der Waals surface area (Å²) in [4.78, 5) is 0. The van der Waals surface area contributed by atoms with Gasteiger partial charge in [-0.2, -0.15) is 0 Å². The normalized spacial score (nSPS) is 11.9. The van der Waals surface area contributed by atoms with Crippen LogP contribution in [0.4, 0.5) is 17.6 Å². The minimum Gasteiger partial charge on any atom is -0.325 e. The molecule has 0 fully saturated rings. The molecule has 0 saturated heterocycles. The van der Waals surface area contributed by atoms with E-state index >= 15 is 0 Å². The van der Waals surface area contributed by atoms with E-state index in [0.717, 1.165) is 12.1 Å². The molecule has 0 saturated carbocycles. The van der Waals surface area contributed by atoms with E-state index in [0.29, 0.717) is 0 Å². The van der Waals surface area contributed by atoms with E-state index in [4.69, 9.17) is 17.3 Å². The van der Waals surface area contributed by atoms with Gasteiger partial charge in [0.2, 0.25) is 0 Å². The van der Waals surface area contributed by atoms with Crippen molar-refractivity contribution in [3.05, 3.63) is 34.4 Å². The van der Waals surface area contributed by atoms with Crippen LogP contribution in [0.5, 0.6) is 0 Å². The molecule has 0 spiro atoms. The summed E-state index contributed by atoms with van der Waals surface area (Å²) in [7, 11) is 0. The standard InChI is InChI=1S/C9H8ClF4N/c10-8-5(3-9(13,14)4-15)6(11)1-2-7(8)12/h1-2H,3-4,15H2. The molecule has 0 aromatic heterocycles. The Morgan fingerprint density at radius 1 is 1.20 bits per heavy atom. The van der Waals surface area contributed by atoms with Crippen LogP contribution in [-0.4, -0.2) is 12.5 Å². The van der Waals surface area contributed by atoms with Crippen LogP contribution in [0.1, 0.15) is 5.56 Å². The van der Waals surface area contributed by atoms with Gasteiger partial charge in [0, 0.05) is 12.0 Å². The lowest BCUT2D eigenvalue weighted by Gasteiger charge is -2.15. The maximum absolute atomic E-state index is 13.1. The van der Waals surface area contributed by atoms with Gasteiger partial charge in [-0.05, 0) is 12.1 Å². The van der Waals surface area contributed by atoms with E-state index in [-0.39, 0.29) is 0 Å². The van der Waals surface area contributed by atoms with Gasteiger partial charge in [0.25, 0.3) is 5.92 Å². The van der Waals surface area contributed by atoms with Crippen molar-refractivity contribution in [3.63, 3.8) is 0 Å². The zero-order valence-corrected chi connectivity index (χ0v) is 8.29. The van der Waals surface area contributed by atoms with Gasteiger partial charge < -0.3 is 5.73 Å². The third-order valence-corrected chi connectivity index (χ3v) is 2.28. The predicted octanol–water partition coefficient (Wildman–Crippen LogP) is 2.75. The number of nitrogens with two attached hydrogens (primary N) is 1. The van der Waals surface area contributed by atoms with Crippen molar-refractivity contribution in [2.24, 2.45) is 5.73 Å².